The lowest BCUT2D eigenvalue weighted by Gasteiger charge is -2.30. The van der Waals surface area contributed by atoms with Crippen molar-refractivity contribution in [2.45, 2.75) is 55.4 Å². The van der Waals surface area contributed by atoms with Gasteiger partial charge in [-0.2, -0.15) is 0 Å². The molecular weight excluding hydrogens is 382 g/mol. The zero-order valence-corrected chi connectivity index (χ0v) is 20.7. The van der Waals surface area contributed by atoms with E-state index in [-0.39, 0.29) is 0 Å². The third-order valence-electron chi connectivity index (χ3n) is 2.88. The molecular formula is C16H36P2S4. The standard InChI is InChI=1S/C16H36P2S4/c1-13(2)9-17(19,10-14(3)4)21-22-18(20,11-15(5)6)12-16(7)8/h13-16H,9-12H2,1-8H3. The third-order valence-corrected chi connectivity index (χ3v) is 24.6. The molecule has 0 heterocycles. The van der Waals surface area contributed by atoms with E-state index in [2.05, 4.69) is 76.2 Å². The molecule has 0 aliphatic carbocycles. The lowest BCUT2D eigenvalue weighted by molar-refractivity contribution is 0.722. The predicted octanol–water partition coefficient (Wildman–Crippen LogP) is 7.78. The lowest BCUT2D eigenvalue weighted by atomic mass is 10.3. The van der Waals surface area contributed by atoms with Gasteiger partial charge in [0.2, 0.25) is 0 Å². The summed E-state index contributed by atoms with van der Waals surface area (Å²) < 4.78 is 0. The molecule has 0 aromatic carbocycles. The maximum Gasteiger partial charge on any atom is 0.0187 e. The first-order chi connectivity index (χ1) is 9.87. The molecule has 6 heteroatoms. The highest BCUT2D eigenvalue weighted by molar-refractivity contribution is 9.19. The summed E-state index contributed by atoms with van der Waals surface area (Å²) in [4.78, 5) is 0. The Morgan fingerprint density at radius 3 is 0.864 bits per heavy atom. The summed E-state index contributed by atoms with van der Waals surface area (Å²) in [6.07, 6.45) is 4.88. The van der Waals surface area contributed by atoms with Crippen LogP contribution in [0, 0.1) is 23.7 Å². The van der Waals surface area contributed by atoms with Crippen molar-refractivity contribution in [3.05, 3.63) is 0 Å². The SMILES string of the molecule is CC(C)CP(=S)(CC(C)C)SSP(=S)(CC(C)C)CC(C)C. The molecule has 0 nitrogen and oxygen atoms in total. The normalized spacial score (nSPS) is 13.8. The van der Waals surface area contributed by atoms with Gasteiger partial charge in [0.1, 0.15) is 0 Å². The van der Waals surface area contributed by atoms with Crippen molar-refractivity contribution < 1.29 is 0 Å². The van der Waals surface area contributed by atoms with Gasteiger partial charge < -0.3 is 0 Å². The first-order valence-corrected chi connectivity index (χ1v) is 18.1. The number of hydrogen-bond donors (Lipinski definition) is 0. The molecule has 0 unspecified atom stereocenters. The average molecular weight is 419 g/mol. The lowest BCUT2D eigenvalue weighted by Crippen LogP contribution is -2.05. The van der Waals surface area contributed by atoms with Crippen LogP contribution >= 0.6 is 31.3 Å². The smallest absolute Gasteiger partial charge is 0.0187 e. The van der Waals surface area contributed by atoms with Gasteiger partial charge in [-0.1, -0.05) is 99.8 Å². The topological polar surface area (TPSA) is 0 Å². The molecule has 0 saturated heterocycles. The number of hydrogen-bond acceptors (Lipinski definition) is 4. The molecule has 0 radical (unpaired) electrons. The molecule has 0 rings (SSSR count). The summed E-state index contributed by atoms with van der Waals surface area (Å²) in [5.41, 5.74) is 0. The van der Waals surface area contributed by atoms with Crippen molar-refractivity contribution in [3.8, 4) is 0 Å². The number of rotatable bonds is 11. The molecule has 0 aliphatic rings. The molecule has 134 valence electrons. The van der Waals surface area contributed by atoms with Crippen molar-refractivity contribution in [2.75, 3.05) is 24.6 Å². The highest BCUT2D eigenvalue weighted by atomic mass is 33.5. The Morgan fingerprint density at radius 2 is 0.727 bits per heavy atom. The fourth-order valence-corrected chi connectivity index (χ4v) is 31.8. The molecule has 0 bridgehead atoms. The Labute approximate surface area is 158 Å². The van der Waals surface area contributed by atoms with Gasteiger partial charge in [0.05, 0.1) is 0 Å². The van der Waals surface area contributed by atoms with Gasteiger partial charge >= 0.3 is 0 Å². The largest absolute Gasteiger partial charge is 0.0851 e. The van der Waals surface area contributed by atoms with Crippen molar-refractivity contribution >= 4 is 54.9 Å². The Morgan fingerprint density at radius 1 is 0.545 bits per heavy atom. The van der Waals surface area contributed by atoms with Gasteiger partial charge in [-0.15, -0.1) is 0 Å². The highest BCUT2D eigenvalue weighted by Crippen LogP contribution is 2.77. The quantitative estimate of drug-likeness (QED) is 0.248. The van der Waals surface area contributed by atoms with E-state index in [0.29, 0.717) is 23.7 Å². The minimum Gasteiger partial charge on any atom is -0.0851 e. The second kappa shape index (κ2) is 10.9. The van der Waals surface area contributed by atoms with E-state index in [9.17, 15) is 0 Å². The van der Waals surface area contributed by atoms with E-state index in [4.69, 9.17) is 23.6 Å². The monoisotopic (exact) mass is 418 g/mol. The van der Waals surface area contributed by atoms with Gasteiger partial charge in [0, 0.05) is 10.5 Å². The summed E-state index contributed by atoms with van der Waals surface area (Å²) >= 11 is 12.3. The van der Waals surface area contributed by atoms with E-state index < -0.39 is 10.5 Å². The maximum absolute atomic E-state index is 6.17. The van der Waals surface area contributed by atoms with Gasteiger partial charge in [-0.05, 0) is 48.3 Å². The summed E-state index contributed by atoms with van der Waals surface area (Å²) in [5, 5.41) is -2.68. The van der Waals surface area contributed by atoms with Crippen LogP contribution < -0.4 is 0 Å². The molecule has 0 amide bonds. The van der Waals surface area contributed by atoms with Crippen LogP contribution in [0.25, 0.3) is 0 Å². The summed E-state index contributed by atoms with van der Waals surface area (Å²) in [6.45, 7) is 18.5. The van der Waals surface area contributed by atoms with Crippen molar-refractivity contribution in [3.63, 3.8) is 0 Å². The maximum atomic E-state index is 6.17. The minimum absolute atomic E-state index is 0.700. The summed E-state index contributed by atoms with van der Waals surface area (Å²) in [6, 6.07) is 0. The van der Waals surface area contributed by atoms with Gasteiger partial charge in [0.25, 0.3) is 0 Å². The van der Waals surface area contributed by atoms with Crippen LogP contribution in [0.2, 0.25) is 0 Å². The van der Waals surface area contributed by atoms with Gasteiger partial charge in [-0.3, -0.25) is 0 Å². The fraction of sp³-hybridized carbons (Fsp3) is 1.00. The molecule has 22 heavy (non-hydrogen) atoms. The minimum atomic E-state index is -1.34. The highest BCUT2D eigenvalue weighted by Gasteiger charge is 2.27. The van der Waals surface area contributed by atoms with E-state index in [1.54, 1.807) is 0 Å². The van der Waals surface area contributed by atoms with Crippen molar-refractivity contribution in [2.24, 2.45) is 23.7 Å². The van der Waals surface area contributed by atoms with E-state index in [1.165, 1.54) is 24.6 Å². The molecule has 0 aliphatic heterocycles. The second-order valence-electron chi connectivity index (χ2n) is 8.08. The molecule has 0 aromatic rings. The van der Waals surface area contributed by atoms with Crippen molar-refractivity contribution in [1.82, 2.24) is 0 Å². The van der Waals surface area contributed by atoms with Gasteiger partial charge in [-0.25, -0.2) is 0 Å². The molecule has 0 fully saturated rings. The summed E-state index contributed by atoms with van der Waals surface area (Å²) in [5.74, 6) is 2.80. The fourth-order valence-electron chi connectivity index (χ4n) is 2.62. The Kier molecular flexibility index (Phi) is 11.9. The molecule has 0 aromatic heterocycles. The predicted molar refractivity (Wildman–Crippen MR) is 123 cm³/mol. The second-order valence-corrected chi connectivity index (χ2v) is 26.5. The van der Waals surface area contributed by atoms with Crippen LogP contribution in [-0.4, -0.2) is 24.6 Å². The molecule has 0 saturated carbocycles. The summed E-state index contributed by atoms with van der Waals surface area (Å²) in [7, 11) is 4.12. The first-order valence-electron chi connectivity index (χ1n) is 8.41. The van der Waals surface area contributed by atoms with Gasteiger partial charge in [0.15, 0.2) is 0 Å². The van der Waals surface area contributed by atoms with Crippen LogP contribution in [0.4, 0.5) is 0 Å². The van der Waals surface area contributed by atoms with Crippen LogP contribution in [0.5, 0.6) is 0 Å². The molecule has 0 spiro atoms. The van der Waals surface area contributed by atoms with E-state index >= 15 is 0 Å². The Balaban J connectivity index is 5.02. The van der Waals surface area contributed by atoms with E-state index in [0.717, 1.165) is 0 Å². The zero-order valence-electron chi connectivity index (χ0n) is 15.7. The van der Waals surface area contributed by atoms with Crippen LogP contribution in [-0.2, 0) is 23.6 Å². The van der Waals surface area contributed by atoms with Crippen LogP contribution in [0.1, 0.15) is 55.4 Å². The first kappa shape index (κ1) is 24.0. The van der Waals surface area contributed by atoms with E-state index in [1.807, 2.05) is 0 Å². The Hall–Kier alpha value is 2.00. The zero-order chi connectivity index (χ0) is 17.6. The van der Waals surface area contributed by atoms with Crippen molar-refractivity contribution in [1.29, 1.82) is 0 Å². The van der Waals surface area contributed by atoms with Crippen LogP contribution in [0.3, 0.4) is 0 Å². The third kappa shape index (κ3) is 11.5. The Bertz CT molecular complexity index is 337. The molecule has 0 atom stereocenters. The molecule has 0 N–H and O–H groups in total. The average Bonchev–Trinajstić information content (AvgIpc) is 2.21. The van der Waals surface area contributed by atoms with Crippen LogP contribution in [0.15, 0.2) is 0 Å².